The van der Waals surface area contributed by atoms with Gasteiger partial charge in [-0.25, -0.2) is 4.79 Å². The van der Waals surface area contributed by atoms with Gasteiger partial charge in [0.1, 0.15) is 5.75 Å². The first-order valence-electron chi connectivity index (χ1n) is 8.12. The van der Waals surface area contributed by atoms with Crippen molar-refractivity contribution in [3.63, 3.8) is 0 Å². The van der Waals surface area contributed by atoms with E-state index >= 15 is 0 Å². The third-order valence-corrected chi connectivity index (χ3v) is 4.05. The predicted molar refractivity (Wildman–Crippen MR) is 85.9 cm³/mol. The maximum atomic E-state index is 12.4. The molecule has 1 unspecified atom stereocenters. The summed E-state index contributed by atoms with van der Waals surface area (Å²) in [6.45, 7) is 3.90. The number of carbonyl (C=O) groups excluding carboxylic acids is 1. The Bertz CT molecular complexity index is 477. The second-order valence-electron chi connectivity index (χ2n) is 5.55. The molecule has 1 aliphatic rings. The van der Waals surface area contributed by atoms with Gasteiger partial charge in [0.25, 0.3) is 0 Å². The van der Waals surface area contributed by atoms with Gasteiger partial charge in [-0.05, 0) is 38.7 Å². The first-order chi connectivity index (χ1) is 10.8. The van der Waals surface area contributed by atoms with Gasteiger partial charge in [-0.3, -0.25) is 0 Å². The van der Waals surface area contributed by atoms with Crippen molar-refractivity contribution in [1.82, 2.24) is 10.2 Å². The average molecular weight is 306 g/mol. The Hall–Kier alpha value is -1.75. The van der Waals surface area contributed by atoms with Crippen LogP contribution in [-0.2, 0) is 6.54 Å². The van der Waals surface area contributed by atoms with Crippen molar-refractivity contribution in [2.75, 3.05) is 19.8 Å². The summed E-state index contributed by atoms with van der Waals surface area (Å²) in [5.41, 5.74) is 0.980. The van der Waals surface area contributed by atoms with E-state index in [9.17, 15) is 4.79 Å². The highest BCUT2D eigenvalue weighted by Gasteiger charge is 2.26. The molecule has 2 rings (SSSR count). The fraction of sp³-hybridized carbons (Fsp3) is 0.588. The predicted octanol–water partition coefficient (Wildman–Crippen LogP) is 2.53. The summed E-state index contributed by atoms with van der Waals surface area (Å²) < 4.78 is 5.58. The van der Waals surface area contributed by atoms with Gasteiger partial charge in [0.15, 0.2) is 0 Å². The molecule has 1 aromatic rings. The summed E-state index contributed by atoms with van der Waals surface area (Å²) in [6, 6.07) is 7.86. The Labute approximate surface area is 132 Å². The monoisotopic (exact) mass is 306 g/mol. The summed E-state index contributed by atoms with van der Waals surface area (Å²) in [6.07, 6.45) is 3.79. The van der Waals surface area contributed by atoms with Gasteiger partial charge in [0.05, 0.1) is 6.61 Å². The maximum Gasteiger partial charge on any atom is 0.317 e. The van der Waals surface area contributed by atoms with Crippen molar-refractivity contribution >= 4 is 6.03 Å². The molecular formula is C17H26N2O3. The van der Waals surface area contributed by atoms with E-state index in [-0.39, 0.29) is 18.7 Å². The van der Waals surface area contributed by atoms with E-state index in [0.29, 0.717) is 19.6 Å². The Morgan fingerprint density at radius 3 is 3.00 bits per heavy atom. The first-order valence-corrected chi connectivity index (χ1v) is 8.12. The highest BCUT2D eigenvalue weighted by molar-refractivity contribution is 5.74. The van der Waals surface area contributed by atoms with Gasteiger partial charge in [0, 0.05) is 31.3 Å². The summed E-state index contributed by atoms with van der Waals surface area (Å²) in [7, 11) is 0. The molecule has 0 aliphatic carbocycles. The van der Waals surface area contributed by atoms with E-state index in [2.05, 4.69) is 5.32 Å². The van der Waals surface area contributed by atoms with Crippen molar-refractivity contribution in [2.45, 2.75) is 45.2 Å². The molecule has 0 aromatic heterocycles. The SMILES string of the molecule is CCOc1ccccc1CNC(=O)N1CCCCC1CCO. The number of aliphatic hydroxyl groups excluding tert-OH is 1. The number of ether oxygens (including phenoxy) is 1. The van der Waals surface area contributed by atoms with Crippen LogP contribution >= 0.6 is 0 Å². The zero-order chi connectivity index (χ0) is 15.8. The highest BCUT2D eigenvalue weighted by atomic mass is 16.5. The summed E-state index contributed by atoms with van der Waals surface area (Å²) >= 11 is 0. The number of aliphatic hydroxyl groups is 1. The lowest BCUT2D eigenvalue weighted by molar-refractivity contribution is 0.131. The smallest absolute Gasteiger partial charge is 0.317 e. The number of nitrogens with one attached hydrogen (secondary N) is 1. The molecule has 0 spiro atoms. The number of para-hydroxylation sites is 1. The minimum absolute atomic E-state index is 0.0514. The molecule has 1 aromatic carbocycles. The number of hydrogen-bond donors (Lipinski definition) is 2. The summed E-state index contributed by atoms with van der Waals surface area (Å²) in [5, 5.41) is 12.1. The Balaban J connectivity index is 1.94. The number of rotatable bonds is 6. The van der Waals surface area contributed by atoms with E-state index in [4.69, 9.17) is 9.84 Å². The molecule has 1 atom stereocenters. The van der Waals surface area contributed by atoms with Crippen LogP contribution in [0.25, 0.3) is 0 Å². The third-order valence-electron chi connectivity index (χ3n) is 4.05. The van der Waals surface area contributed by atoms with Crippen LogP contribution < -0.4 is 10.1 Å². The molecule has 22 heavy (non-hydrogen) atoms. The summed E-state index contributed by atoms with van der Waals surface area (Å²) in [5.74, 6) is 0.816. The normalized spacial score (nSPS) is 18.1. The second-order valence-corrected chi connectivity index (χ2v) is 5.55. The van der Waals surface area contributed by atoms with Gasteiger partial charge in [-0.2, -0.15) is 0 Å². The molecule has 0 radical (unpaired) electrons. The van der Waals surface area contributed by atoms with Crippen LogP contribution in [0.5, 0.6) is 5.75 Å². The number of piperidine rings is 1. The number of hydrogen-bond acceptors (Lipinski definition) is 3. The molecule has 5 nitrogen and oxygen atoms in total. The molecular weight excluding hydrogens is 280 g/mol. The lowest BCUT2D eigenvalue weighted by Gasteiger charge is -2.35. The van der Waals surface area contributed by atoms with E-state index < -0.39 is 0 Å². The van der Waals surface area contributed by atoms with E-state index in [1.54, 1.807) is 0 Å². The van der Waals surface area contributed by atoms with Crippen molar-refractivity contribution in [3.05, 3.63) is 29.8 Å². The molecule has 1 aliphatic heterocycles. The molecule has 1 fully saturated rings. The fourth-order valence-corrected chi connectivity index (χ4v) is 2.94. The molecule has 5 heteroatoms. The van der Waals surface area contributed by atoms with Gasteiger partial charge in [-0.1, -0.05) is 18.2 Å². The second kappa shape index (κ2) is 8.63. The van der Waals surface area contributed by atoms with Gasteiger partial charge in [-0.15, -0.1) is 0 Å². The van der Waals surface area contributed by atoms with Gasteiger partial charge >= 0.3 is 6.03 Å². The Kier molecular flexibility index (Phi) is 6.52. The molecule has 0 bridgehead atoms. The van der Waals surface area contributed by atoms with Crippen molar-refractivity contribution in [3.8, 4) is 5.75 Å². The zero-order valence-corrected chi connectivity index (χ0v) is 13.3. The van der Waals surface area contributed by atoms with Crippen LogP contribution in [0, 0.1) is 0 Å². The van der Waals surface area contributed by atoms with Crippen LogP contribution in [0.3, 0.4) is 0 Å². The minimum atomic E-state index is -0.0514. The van der Waals surface area contributed by atoms with Crippen LogP contribution in [-0.4, -0.2) is 41.8 Å². The van der Waals surface area contributed by atoms with Gasteiger partial charge in [0.2, 0.25) is 0 Å². The number of likely N-dealkylation sites (tertiary alicyclic amines) is 1. The third kappa shape index (κ3) is 4.37. The molecule has 1 saturated heterocycles. The van der Waals surface area contributed by atoms with Crippen LogP contribution in [0.4, 0.5) is 4.79 Å². The minimum Gasteiger partial charge on any atom is -0.494 e. The lowest BCUT2D eigenvalue weighted by Crippen LogP contribution is -2.48. The van der Waals surface area contributed by atoms with Crippen LogP contribution in [0.2, 0.25) is 0 Å². The molecule has 2 amide bonds. The largest absolute Gasteiger partial charge is 0.494 e. The molecule has 0 saturated carbocycles. The molecule has 2 N–H and O–H groups in total. The number of nitrogens with zero attached hydrogens (tertiary/aromatic N) is 1. The maximum absolute atomic E-state index is 12.4. The van der Waals surface area contributed by atoms with Crippen molar-refractivity contribution in [2.24, 2.45) is 0 Å². The number of amides is 2. The van der Waals surface area contributed by atoms with E-state index in [1.807, 2.05) is 36.1 Å². The lowest BCUT2D eigenvalue weighted by atomic mass is 10.0. The molecule has 122 valence electrons. The quantitative estimate of drug-likeness (QED) is 0.849. The van der Waals surface area contributed by atoms with Crippen LogP contribution in [0.15, 0.2) is 24.3 Å². The highest BCUT2D eigenvalue weighted by Crippen LogP contribution is 2.21. The fourth-order valence-electron chi connectivity index (χ4n) is 2.94. The zero-order valence-electron chi connectivity index (χ0n) is 13.3. The van der Waals surface area contributed by atoms with Crippen LogP contribution in [0.1, 0.15) is 38.2 Å². The van der Waals surface area contributed by atoms with E-state index in [1.165, 1.54) is 0 Å². The summed E-state index contributed by atoms with van der Waals surface area (Å²) in [4.78, 5) is 14.3. The van der Waals surface area contributed by atoms with E-state index in [0.717, 1.165) is 37.1 Å². The number of carbonyl (C=O) groups is 1. The number of urea groups is 1. The Morgan fingerprint density at radius 1 is 1.41 bits per heavy atom. The topological polar surface area (TPSA) is 61.8 Å². The number of benzene rings is 1. The van der Waals surface area contributed by atoms with Gasteiger partial charge < -0.3 is 20.1 Å². The van der Waals surface area contributed by atoms with Crippen molar-refractivity contribution in [1.29, 1.82) is 0 Å². The van der Waals surface area contributed by atoms with Crippen molar-refractivity contribution < 1.29 is 14.6 Å². The Morgan fingerprint density at radius 2 is 2.23 bits per heavy atom. The standard InChI is InChI=1S/C17H26N2O3/c1-2-22-16-9-4-3-7-14(16)13-18-17(21)19-11-6-5-8-15(19)10-12-20/h3-4,7,9,15,20H,2,5-6,8,10-13H2,1H3,(H,18,21). The average Bonchev–Trinajstić information content (AvgIpc) is 2.55. The first kappa shape index (κ1) is 16.6. The molecule has 1 heterocycles.